The van der Waals surface area contributed by atoms with E-state index >= 15 is 0 Å². The van der Waals surface area contributed by atoms with Crippen molar-refractivity contribution in [2.45, 2.75) is 18.6 Å². The maximum absolute atomic E-state index is 13.6. The molecule has 1 aromatic rings. The molecular formula is C17H24F4N4O. The predicted octanol–water partition coefficient (Wildman–Crippen LogP) is 2.32. The van der Waals surface area contributed by atoms with E-state index in [4.69, 9.17) is 4.74 Å². The lowest BCUT2D eigenvalue weighted by atomic mass is 10.0. The van der Waals surface area contributed by atoms with Crippen LogP contribution >= 0.6 is 0 Å². The zero-order chi connectivity index (χ0) is 19.0. The highest BCUT2D eigenvalue weighted by atomic mass is 19.4. The monoisotopic (exact) mass is 376 g/mol. The minimum absolute atomic E-state index is 0.143. The average molecular weight is 376 g/mol. The number of hydrogen-bond donors (Lipinski definition) is 2. The minimum Gasteiger partial charge on any atom is -0.379 e. The third-order valence-corrected chi connectivity index (χ3v) is 4.11. The fraction of sp³-hybridized carbons (Fsp3) is 0.588. The Balaban J connectivity index is 1.99. The Labute approximate surface area is 150 Å². The van der Waals surface area contributed by atoms with Gasteiger partial charge in [-0.1, -0.05) is 12.1 Å². The molecule has 1 aromatic carbocycles. The molecule has 0 radical (unpaired) electrons. The van der Waals surface area contributed by atoms with E-state index in [9.17, 15) is 17.6 Å². The Morgan fingerprint density at radius 2 is 2.00 bits per heavy atom. The number of ether oxygens (including phenoxy) is 1. The van der Waals surface area contributed by atoms with E-state index < -0.39 is 12.6 Å². The molecule has 1 atom stereocenters. The first-order valence-electron chi connectivity index (χ1n) is 8.47. The van der Waals surface area contributed by atoms with E-state index in [1.807, 2.05) is 6.07 Å². The van der Waals surface area contributed by atoms with E-state index in [0.29, 0.717) is 32.8 Å². The molecule has 0 spiro atoms. The van der Waals surface area contributed by atoms with E-state index in [0.717, 1.165) is 5.56 Å². The normalized spacial score (nSPS) is 17.8. The topological polar surface area (TPSA) is 48.9 Å². The van der Waals surface area contributed by atoms with Crippen molar-refractivity contribution in [2.75, 3.05) is 46.4 Å². The van der Waals surface area contributed by atoms with Gasteiger partial charge in [0.2, 0.25) is 0 Å². The van der Waals surface area contributed by atoms with Gasteiger partial charge in [-0.2, -0.15) is 13.2 Å². The van der Waals surface area contributed by atoms with E-state index in [2.05, 4.69) is 20.5 Å². The standard InChI is InChI=1S/C17H24F4N4O/c1-22-16(23-6-5-17(19,20)21)24-12-15(25-7-9-26-10-8-25)13-3-2-4-14(18)11-13/h2-4,11,15H,5-10,12H2,1H3,(H2,22,23,24). The Morgan fingerprint density at radius 3 is 2.62 bits per heavy atom. The highest BCUT2D eigenvalue weighted by Crippen LogP contribution is 2.22. The number of halogens is 4. The summed E-state index contributed by atoms with van der Waals surface area (Å²) in [7, 11) is 1.49. The molecule has 2 N–H and O–H groups in total. The maximum Gasteiger partial charge on any atom is 0.390 e. The Morgan fingerprint density at radius 1 is 1.27 bits per heavy atom. The summed E-state index contributed by atoms with van der Waals surface area (Å²) < 4.78 is 55.8. The molecule has 1 fully saturated rings. The molecule has 9 heteroatoms. The molecule has 0 bridgehead atoms. The number of benzene rings is 1. The van der Waals surface area contributed by atoms with E-state index in [1.165, 1.54) is 19.2 Å². The smallest absolute Gasteiger partial charge is 0.379 e. The van der Waals surface area contributed by atoms with Crippen molar-refractivity contribution in [2.24, 2.45) is 4.99 Å². The molecule has 146 valence electrons. The summed E-state index contributed by atoms with van der Waals surface area (Å²) in [5.74, 6) is -0.0441. The van der Waals surface area contributed by atoms with E-state index in [1.54, 1.807) is 6.07 Å². The lowest BCUT2D eigenvalue weighted by molar-refractivity contribution is -0.132. The molecule has 1 saturated heterocycles. The molecule has 0 aromatic heterocycles. The fourth-order valence-electron chi connectivity index (χ4n) is 2.80. The lowest BCUT2D eigenvalue weighted by Crippen LogP contribution is -2.46. The SMILES string of the molecule is CN=C(NCCC(F)(F)F)NCC(c1cccc(F)c1)N1CCOCC1. The van der Waals surface area contributed by atoms with Crippen molar-refractivity contribution in [3.8, 4) is 0 Å². The Hall–Kier alpha value is -1.87. The average Bonchev–Trinajstić information content (AvgIpc) is 2.60. The first-order chi connectivity index (χ1) is 12.4. The van der Waals surface area contributed by atoms with Gasteiger partial charge in [-0.05, 0) is 17.7 Å². The van der Waals surface area contributed by atoms with Crippen LogP contribution in [-0.4, -0.2) is 63.5 Å². The number of rotatable bonds is 6. The lowest BCUT2D eigenvalue weighted by Gasteiger charge is -2.35. The summed E-state index contributed by atoms with van der Waals surface area (Å²) in [5.41, 5.74) is 0.796. The van der Waals surface area contributed by atoms with Crippen LogP contribution in [0.15, 0.2) is 29.3 Å². The van der Waals surface area contributed by atoms with Gasteiger partial charge in [0.25, 0.3) is 0 Å². The van der Waals surface area contributed by atoms with Gasteiger partial charge < -0.3 is 15.4 Å². The van der Waals surface area contributed by atoms with Gasteiger partial charge in [0, 0.05) is 33.2 Å². The summed E-state index contributed by atoms with van der Waals surface area (Å²) in [4.78, 5) is 6.11. The molecule has 1 aliphatic rings. The summed E-state index contributed by atoms with van der Waals surface area (Å²) in [6, 6.07) is 6.20. The molecule has 1 unspecified atom stereocenters. The van der Waals surface area contributed by atoms with Gasteiger partial charge in [0.05, 0.1) is 25.7 Å². The van der Waals surface area contributed by atoms with Gasteiger partial charge in [-0.3, -0.25) is 9.89 Å². The minimum atomic E-state index is -4.22. The third-order valence-electron chi connectivity index (χ3n) is 4.11. The van der Waals surface area contributed by atoms with Crippen molar-refractivity contribution >= 4 is 5.96 Å². The van der Waals surface area contributed by atoms with Crippen LogP contribution in [0.2, 0.25) is 0 Å². The highest BCUT2D eigenvalue weighted by Gasteiger charge is 2.27. The van der Waals surface area contributed by atoms with Crippen molar-refractivity contribution in [3.05, 3.63) is 35.6 Å². The van der Waals surface area contributed by atoms with E-state index in [-0.39, 0.29) is 24.4 Å². The number of aliphatic imine (C=N–C) groups is 1. The number of nitrogens with one attached hydrogen (secondary N) is 2. The summed E-state index contributed by atoms with van der Waals surface area (Å²) >= 11 is 0. The van der Waals surface area contributed by atoms with Gasteiger partial charge in [0.15, 0.2) is 5.96 Å². The van der Waals surface area contributed by atoms with Gasteiger partial charge in [-0.15, -0.1) is 0 Å². The van der Waals surface area contributed by atoms with Crippen LogP contribution < -0.4 is 10.6 Å². The molecule has 0 saturated carbocycles. The summed E-state index contributed by atoms with van der Waals surface area (Å²) in [6.45, 7) is 2.70. The zero-order valence-electron chi connectivity index (χ0n) is 14.7. The second-order valence-electron chi connectivity index (χ2n) is 5.96. The van der Waals surface area contributed by atoms with Crippen LogP contribution in [0.1, 0.15) is 18.0 Å². The number of nitrogens with zero attached hydrogens (tertiary/aromatic N) is 2. The van der Waals surface area contributed by atoms with Crippen molar-refractivity contribution in [1.29, 1.82) is 0 Å². The molecule has 26 heavy (non-hydrogen) atoms. The fourth-order valence-corrected chi connectivity index (χ4v) is 2.80. The number of morpholine rings is 1. The van der Waals surface area contributed by atoms with Crippen molar-refractivity contribution in [3.63, 3.8) is 0 Å². The van der Waals surface area contributed by atoms with Crippen molar-refractivity contribution < 1.29 is 22.3 Å². The largest absolute Gasteiger partial charge is 0.390 e. The van der Waals surface area contributed by atoms with Crippen LogP contribution in [-0.2, 0) is 4.74 Å². The quantitative estimate of drug-likeness (QED) is 0.455. The molecule has 1 aliphatic heterocycles. The van der Waals surface area contributed by atoms with Gasteiger partial charge >= 0.3 is 6.18 Å². The second-order valence-corrected chi connectivity index (χ2v) is 5.96. The van der Waals surface area contributed by atoms with Crippen LogP contribution in [0.25, 0.3) is 0 Å². The molecule has 0 amide bonds. The first kappa shape index (κ1) is 20.4. The summed E-state index contributed by atoms with van der Waals surface area (Å²) in [5, 5.41) is 5.69. The van der Waals surface area contributed by atoms with Crippen LogP contribution in [0, 0.1) is 5.82 Å². The maximum atomic E-state index is 13.6. The first-order valence-corrected chi connectivity index (χ1v) is 8.47. The molecule has 2 rings (SSSR count). The third kappa shape index (κ3) is 6.80. The second kappa shape index (κ2) is 9.72. The van der Waals surface area contributed by atoms with Crippen LogP contribution in [0.3, 0.4) is 0 Å². The molecular weight excluding hydrogens is 352 g/mol. The number of hydrogen-bond acceptors (Lipinski definition) is 3. The summed E-state index contributed by atoms with van der Waals surface area (Å²) in [6.07, 6.45) is -5.16. The molecule has 0 aliphatic carbocycles. The predicted molar refractivity (Wildman–Crippen MR) is 91.6 cm³/mol. The van der Waals surface area contributed by atoms with Crippen LogP contribution in [0.4, 0.5) is 17.6 Å². The van der Waals surface area contributed by atoms with Gasteiger partial charge in [0.1, 0.15) is 5.82 Å². The molecule has 1 heterocycles. The Kier molecular flexibility index (Phi) is 7.65. The Bertz CT molecular complexity index is 588. The van der Waals surface area contributed by atoms with Crippen molar-refractivity contribution in [1.82, 2.24) is 15.5 Å². The highest BCUT2D eigenvalue weighted by molar-refractivity contribution is 5.79. The zero-order valence-corrected chi connectivity index (χ0v) is 14.7. The number of alkyl halides is 3. The molecule has 5 nitrogen and oxygen atoms in total. The van der Waals surface area contributed by atoms with Crippen LogP contribution in [0.5, 0.6) is 0 Å². The van der Waals surface area contributed by atoms with Gasteiger partial charge in [-0.25, -0.2) is 4.39 Å². The number of guanidine groups is 1.